The van der Waals surface area contributed by atoms with E-state index in [1.807, 2.05) is 31.3 Å². The molecule has 0 aliphatic rings. The van der Waals surface area contributed by atoms with E-state index in [1.165, 1.54) is 16.0 Å². The van der Waals surface area contributed by atoms with E-state index in [4.69, 9.17) is 0 Å². The largest absolute Gasteiger partial charge is 0.351 e. The van der Waals surface area contributed by atoms with Crippen LogP contribution >= 0.6 is 11.3 Å². The molecule has 0 radical (unpaired) electrons. The fourth-order valence-corrected chi connectivity index (χ4v) is 3.98. The first-order valence-corrected chi connectivity index (χ1v) is 10.7. The second kappa shape index (κ2) is 10.1. The summed E-state index contributed by atoms with van der Waals surface area (Å²) in [6.45, 7) is 7.30. The van der Waals surface area contributed by atoms with Crippen LogP contribution < -0.4 is 4.90 Å². The van der Waals surface area contributed by atoms with Gasteiger partial charge >= 0.3 is 0 Å². The van der Waals surface area contributed by atoms with Gasteiger partial charge in [-0.2, -0.15) is 0 Å². The molecule has 4 nitrogen and oxygen atoms in total. The van der Waals surface area contributed by atoms with Crippen molar-refractivity contribution >= 4 is 28.6 Å². The molecular formula is C24H28N4S. The molecule has 1 aromatic carbocycles. The summed E-state index contributed by atoms with van der Waals surface area (Å²) < 4.78 is 0. The topological polar surface area (TPSA) is 41.9 Å². The minimum atomic E-state index is 0.270. The predicted molar refractivity (Wildman–Crippen MR) is 124 cm³/mol. The highest BCUT2D eigenvalue weighted by atomic mass is 32.1. The zero-order chi connectivity index (χ0) is 20.6. The smallest absolute Gasteiger partial charge is 0.185 e. The molecule has 0 saturated heterocycles. The normalized spacial score (nSPS) is 12.7. The Bertz CT molecular complexity index is 990. The van der Waals surface area contributed by atoms with Gasteiger partial charge < -0.3 is 4.90 Å². The number of aromatic nitrogens is 3. The standard InChI is InChI=1S/C24H28N4S/c1-5-8-21-22(26-15-14-25-21)12-11-19(3)23-17-27-24(29-23)28(4)16-13-20-10-7-6-9-18(20)2/h5-12,14-15,17,19H,13,16H2,1-4H3/b8-5-,12-11+. The summed E-state index contributed by atoms with van der Waals surface area (Å²) in [5, 5.41) is 1.06. The molecule has 150 valence electrons. The van der Waals surface area contributed by atoms with Crippen LogP contribution in [0.2, 0.25) is 0 Å². The van der Waals surface area contributed by atoms with Crippen LogP contribution in [0, 0.1) is 6.92 Å². The highest BCUT2D eigenvalue weighted by Crippen LogP contribution is 2.29. The molecule has 29 heavy (non-hydrogen) atoms. The van der Waals surface area contributed by atoms with Gasteiger partial charge in [-0.25, -0.2) is 4.98 Å². The number of anilines is 1. The summed E-state index contributed by atoms with van der Waals surface area (Å²) in [6, 6.07) is 8.57. The van der Waals surface area contributed by atoms with Crippen LogP contribution in [0.25, 0.3) is 12.2 Å². The monoisotopic (exact) mass is 404 g/mol. The van der Waals surface area contributed by atoms with E-state index in [1.54, 1.807) is 23.7 Å². The Morgan fingerprint density at radius 2 is 1.79 bits per heavy atom. The summed E-state index contributed by atoms with van der Waals surface area (Å²) in [7, 11) is 2.12. The second-order valence-corrected chi connectivity index (χ2v) is 8.16. The van der Waals surface area contributed by atoms with Crippen molar-refractivity contribution in [3.8, 4) is 0 Å². The first-order chi connectivity index (χ1) is 14.1. The Kier molecular flexibility index (Phi) is 7.30. The lowest BCUT2D eigenvalue weighted by Gasteiger charge is -2.16. The minimum absolute atomic E-state index is 0.270. The maximum Gasteiger partial charge on any atom is 0.185 e. The van der Waals surface area contributed by atoms with Gasteiger partial charge in [0.05, 0.1) is 11.4 Å². The van der Waals surface area contributed by atoms with Crippen LogP contribution in [0.3, 0.4) is 0 Å². The molecule has 0 aliphatic heterocycles. The lowest BCUT2D eigenvalue weighted by Crippen LogP contribution is -2.20. The first-order valence-electron chi connectivity index (χ1n) is 9.91. The van der Waals surface area contributed by atoms with E-state index in [9.17, 15) is 0 Å². The Labute approximate surface area is 177 Å². The molecule has 2 heterocycles. The fraction of sp³-hybridized carbons (Fsp3) is 0.292. The highest BCUT2D eigenvalue weighted by Gasteiger charge is 2.11. The number of benzene rings is 1. The Morgan fingerprint density at radius 1 is 1.07 bits per heavy atom. The average Bonchev–Trinajstić information content (AvgIpc) is 3.23. The summed E-state index contributed by atoms with van der Waals surface area (Å²) in [5.41, 5.74) is 4.52. The predicted octanol–water partition coefficient (Wildman–Crippen LogP) is 5.77. The van der Waals surface area contributed by atoms with E-state index >= 15 is 0 Å². The lowest BCUT2D eigenvalue weighted by atomic mass is 10.1. The van der Waals surface area contributed by atoms with Crippen molar-refractivity contribution in [2.24, 2.45) is 0 Å². The lowest BCUT2D eigenvalue weighted by molar-refractivity contribution is 0.866. The summed E-state index contributed by atoms with van der Waals surface area (Å²) in [6.07, 6.45) is 14.6. The van der Waals surface area contributed by atoms with Gasteiger partial charge in [0.15, 0.2) is 5.13 Å². The van der Waals surface area contributed by atoms with Gasteiger partial charge in [-0.3, -0.25) is 9.97 Å². The Hall–Kier alpha value is -2.79. The van der Waals surface area contributed by atoms with Gasteiger partial charge in [-0.15, -0.1) is 11.3 Å². The van der Waals surface area contributed by atoms with Crippen molar-refractivity contribution in [3.63, 3.8) is 0 Å². The molecule has 1 atom stereocenters. The molecule has 3 rings (SSSR count). The van der Waals surface area contributed by atoms with Crippen LogP contribution in [0.1, 0.15) is 47.2 Å². The number of aryl methyl sites for hydroxylation is 1. The number of nitrogens with zero attached hydrogens (tertiary/aromatic N) is 4. The van der Waals surface area contributed by atoms with Crippen LogP contribution in [-0.2, 0) is 6.42 Å². The van der Waals surface area contributed by atoms with Gasteiger partial charge in [0.25, 0.3) is 0 Å². The van der Waals surface area contributed by atoms with E-state index in [0.717, 1.165) is 29.5 Å². The number of allylic oxidation sites excluding steroid dienone is 2. The molecule has 0 amide bonds. The molecule has 1 unspecified atom stereocenters. The van der Waals surface area contributed by atoms with Crippen molar-refractivity contribution in [1.29, 1.82) is 0 Å². The van der Waals surface area contributed by atoms with E-state index in [2.05, 4.69) is 71.1 Å². The van der Waals surface area contributed by atoms with Crippen molar-refractivity contribution in [2.45, 2.75) is 33.1 Å². The van der Waals surface area contributed by atoms with Crippen LogP contribution in [0.5, 0.6) is 0 Å². The average molecular weight is 405 g/mol. The summed E-state index contributed by atoms with van der Waals surface area (Å²) >= 11 is 1.75. The first kappa shape index (κ1) is 20.9. The van der Waals surface area contributed by atoms with Gasteiger partial charge in [-0.1, -0.05) is 43.3 Å². The summed E-state index contributed by atoms with van der Waals surface area (Å²) in [5.74, 6) is 0.270. The van der Waals surface area contributed by atoms with Gasteiger partial charge in [0.1, 0.15) is 0 Å². The highest BCUT2D eigenvalue weighted by molar-refractivity contribution is 7.15. The van der Waals surface area contributed by atoms with Crippen LogP contribution in [0.15, 0.2) is 55.0 Å². The number of thiazole rings is 1. The van der Waals surface area contributed by atoms with E-state index in [-0.39, 0.29) is 5.92 Å². The zero-order valence-electron chi connectivity index (χ0n) is 17.5. The Balaban J connectivity index is 1.64. The van der Waals surface area contributed by atoms with E-state index in [0.29, 0.717) is 0 Å². The second-order valence-electron chi connectivity index (χ2n) is 7.12. The van der Waals surface area contributed by atoms with Crippen molar-refractivity contribution in [2.75, 3.05) is 18.5 Å². The molecule has 0 N–H and O–H groups in total. The third-order valence-corrected chi connectivity index (χ3v) is 6.20. The molecule has 0 aliphatic carbocycles. The number of hydrogen-bond acceptors (Lipinski definition) is 5. The molecule has 0 fully saturated rings. The van der Waals surface area contributed by atoms with Crippen molar-refractivity contribution < 1.29 is 0 Å². The maximum absolute atomic E-state index is 4.65. The minimum Gasteiger partial charge on any atom is -0.351 e. The Morgan fingerprint density at radius 3 is 2.52 bits per heavy atom. The molecule has 5 heteroatoms. The number of hydrogen-bond donors (Lipinski definition) is 0. The fourth-order valence-electron chi connectivity index (χ4n) is 3.04. The SMILES string of the molecule is C/C=C\c1nccnc1/C=C/C(C)c1cnc(N(C)CCc2ccccc2C)s1. The van der Waals surface area contributed by atoms with Crippen molar-refractivity contribution in [1.82, 2.24) is 15.0 Å². The number of likely N-dealkylation sites (N-methyl/N-ethyl adjacent to an activating group) is 1. The van der Waals surface area contributed by atoms with Gasteiger partial charge in [0, 0.05) is 43.0 Å². The molecule has 3 aromatic rings. The van der Waals surface area contributed by atoms with Gasteiger partial charge in [0.2, 0.25) is 0 Å². The molecule has 0 saturated carbocycles. The molecule has 0 spiro atoms. The van der Waals surface area contributed by atoms with Gasteiger partial charge in [-0.05, 0) is 43.5 Å². The molecular weight excluding hydrogens is 376 g/mol. The van der Waals surface area contributed by atoms with Crippen LogP contribution in [-0.4, -0.2) is 28.5 Å². The van der Waals surface area contributed by atoms with Crippen molar-refractivity contribution in [3.05, 3.63) is 82.4 Å². The number of rotatable bonds is 8. The third kappa shape index (κ3) is 5.61. The molecule has 2 aromatic heterocycles. The summed E-state index contributed by atoms with van der Waals surface area (Å²) in [4.78, 5) is 16.9. The van der Waals surface area contributed by atoms with E-state index < -0.39 is 0 Å². The quantitative estimate of drug-likeness (QED) is 0.478. The maximum atomic E-state index is 4.65. The molecule has 0 bridgehead atoms. The van der Waals surface area contributed by atoms with Crippen LogP contribution in [0.4, 0.5) is 5.13 Å². The zero-order valence-corrected chi connectivity index (χ0v) is 18.4. The third-order valence-electron chi connectivity index (χ3n) is 4.89.